The van der Waals surface area contributed by atoms with E-state index in [9.17, 15) is 29.7 Å². The average molecular weight is 607 g/mol. The molecule has 4 N–H and O–H groups in total. The van der Waals surface area contributed by atoms with Crippen molar-refractivity contribution in [3.05, 3.63) is 36.0 Å². The van der Waals surface area contributed by atoms with Gasteiger partial charge < -0.3 is 39.7 Å². The fourth-order valence-corrected chi connectivity index (χ4v) is 5.91. The van der Waals surface area contributed by atoms with Crippen molar-refractivity contribution in [2.24, 2.45) is 5.92 Å². The van der Waals surface area contributed by atoms with E-state index in [1.54, 1.807) is 24.8 Å². The Kier molecular flexibility index (Phi) is 12.9. The zero-order valence-corrected chi connectivity index (χ0v) is 26.1. The van der Waals surface area contributed by atoms with E-state index < -0.39 is 30.0 Å². The Morgan fingerprint density at radius 1 is 1.16 bits per heavy atom. The molecular formula is C32H50N2O9. The summed E-state index contributed by atoms with van der Waals surface area (Å²) in [4.78, 5) is 37.2. The molecule has 3 aliphatic heterocycles. The van der Waals surface area contributed by atoms with Crippen molar-refractivity contribution < 1.29 is 43.9 Å². The van der Waals surface area contributed by atoms with Crippen LogP contribution in [0.3, 0.4) is 0 Å². The van der Waals surface area contributed by atoms with Crippen molar-refractivity contribution in [3.8, 4) is 0 Å². The van der Waals surface area contributed by atoms with Crippen molar-refractivity contribution in [2.75, 3.05) is 13.1 Å². The number of nitrogens with one attached hydrogen (secondary N) is 1. The van der Waals surface area contributed by atoms with Crippen molar-refractivity contribution in [1.29, 1.82) is 0 Å². The smallest absolute Gasteiger partial charge is 0.293 e. The highest BCUT2D eigenvalue weighted by Crippen LogP contribution is 2.32. The van der Waals surface area contributed by atoms with E-state index in [1.165, 1.54) is 12.2 Å². The molecule has 3 aliphatic rings. The van der Waals surface area contributed by atoms with E-state index in [2.05, 4.69) is 18.3 Å². The number of aliphatic hydroxyl groups is 3. The van der Waals surface area contributed by atoms with Gasteiger partial charge in [-0.15, -0.1) is 0 Å². The Bertz CT molecular complexity index is 1030. The number of ether oxygens (including phenoxy) is 3. The van der Waals surface area contributed by atoms with E-state index in [0.29, 0.717) is 38.8 Å². The third-order valence-corrected chi connectivity index (χ3v) is 8.71. The summed E-state index contributed by atoms with van der Waals surface area (Å²) in [6.45, 7) is 10.6. The zero-order valence-electron chi connectivity index (χ0n) is 26.1. The molecule has 43 heavy (non-hydrogen) atoms. The largest absolute Gasteiger partial charge is 0.461 e. The molecule has 0 saturated carbocycles. The number of likely N-dealkylation sites (tertiary alicyclic amines) is 1. The first kappa shape index (κ1) is 34.9. The predicted octanol–water partition coefficient (Wildman–Crippen LogP) is 1.94. The molecule has 242 valence electrons. The second-order valence-corrected chi connectivity index (χ2v) is 12.6. The van der Waals surface area contributed by atoms with Gasteiger partial charge in [0.2, 0.25) is 11.8 Å². The predicted molar refractivity (Wildman–Crippen MR) is 160 cm³/mol. The quantitative estimate of drug-likeness (QED) is 0.157. The van der Waals surface area contributed by atoms with Crippen molar-refractivity contribution in [1.82, 2.24) is 10.2 Å². The van der Waals surface area contributed by atoms with Crippen LogP contribution in [0.25, 0.3) is 0 Å². The number of amides is 2. The summed E-state index contributed by atoms with van der Waals surface area (Å²) in [5.41, 5.74) is -0.463. The zero-order chi connectivity index (χ0) is 31.7. The van der Waals surface area contributed by atoms with Gasteiger partial charge in [-0.1, -0.05) is 30.7 Å². The summed E-state index contributed by atoms with van der Waals surface area (Å²) in [6.07, 6.45) is 7.79. The van der Waals surface area contributed by atoms with Gasteiger partial charge in [0.1, 0.15) is 18.3 Å². The number of hydrogen-bond donors (Lipinski definition) is 4. The normalized spacial score (nSPS) is 35.2. The molecular weight excluding hydrogens is 556 g/mol. The Balaban J connectivity index is 1.52. The molecule has 0 radical (unpaired) electrons. The minimum Gasteiger partial charge on any atom is -0.461 e. The number of rotatable bonds is 11. The van der Waals surface area contributed by atoms with Gasteiger partial charge in [0, 0.05) is 25.6 Å². The molecule has 2 amide bonds. The van der Waals surface area contributed by atoms with Gasteiger partial charge in [-0.2, -0.15) is 0 Å². The molecule has 11 heteroatoms. The summed E-state index contributed by atoms with van der Waals surface area (Å²) in [5.74, 6) is -0.149. The molecule has 6 unspecified atom stereocenters. The Morgan fingerprint density at radius 3 is 2.53 bits per heavy atom. The lowest BCUT2D eigenvalue weighted by Crippen LogP contribution is -2.55. The third-order valence-electron chi connectivity index (χ3n) is 8.71. The molecule has 3 rings (SSSR count). The topological polar surface area (TPSA) is 155 Å². The van der Waals surface area contributed by atoms with E-state index in [0.717, 1.165) is 12.0 Å². The first-order valence-corrected chi connectivity index (χ1v) is 15.4. The van der Waals surface area contributed by atoms with Crippen LogP contribution < -0.4 is 5.32 Å². The van der Waals surface area contributed by atoms with Crippen molar-refractivity contribution >= 4 is 18.3 Å². The van der Waals surface area contributed by atoms with Gasteiger partial charge >= 0.3 is 0 Å². The number of carbonyl (C=O) groups excluding carboxylic acids is 3. The van der Waals surface area contributed by atoms with Crippen LogP contribution in [-0.4, -0.2) is 106 Å². The fraction of sp³-hybridized carbons (Fsp3) is 0.719. The Hall–Kier alpha value is -2.57. The first-order chi connectivity index (χ1) is 20.3. The number of carbonyl (C=O) groups is 3. The van der Waals surface area contributed by atoms with E-state index in [-0.39, 0.29) is 54.9 Å². The molecule has 3 saturated heterocycles. The first-order valence-electron chi connectivity index (χ1n) is 15.4. The van der Waals surface area contributed by atoms with Crippen LogP contribution in [0.4, 0.5) is 0 Å². The fourth-order valence-electron chi connectivity index (χ4n) is 5.91. The minimum atomic E-state index is -1.40. The minimum absolute atomic E-state index is 0.0356. The molecule has 0 aromatic rings. The van der Waals surface area contributed by atoms with E-state index >= 15 is 0 Å². The lowest BCUT2D eigenvalue weighted by Gasteiger charge is -2.43. The molecule has 9 atom stereocenters. The van der Waals surface area contributed by atoms with Crippen LogP contribution in [0.15, 0.2) is 36.0 Å². The second-order valence-electron chi connectivity index (χ2n) is 12.6. The summed E-state index contributed by atoms with van der Waals surface area (Å²) < 4.78 is 17.1. The van der Waals surface area contributed by atoms with Crippen LogP contribution in [0.1, 0.15) is 73.1 Å². The highest BCUT2D eigenvalue weighted by molar-refractivity contribution is 5.87. The standard InChI is InChI=1S/C32H50N2O9/c1-20(6-9-27-21(2)16-26(23(4)42-27)33-29(37)11-8-22(3)41-19-35)7-10-28-31(39)32(5,40)18-25(43-28)17-30(38)34-14-12-24(36)13-15-34/h6-8,10-11,19,21-28,31,36,39-40H,9,12-18H2,1-5H3,(H,33,37)/b10-7+,11-8-,20-6+/t21?,22?,23?,25-,26?,27+,28?,31-,32?/m1/s1. The number of allylic oxidation sites excluding steroid dienone is 2. The molecule has 0 aliphatic carbocycles. The van der Waals surface area contributed by atoms with Gasteiger partial charge in [0.25, 0.3) is 6.47 Å². The van der Waals surface area contributed by atoms with Crippen LogP contribution in [0, 0.1) is 5.92 Å². The SMILES string of the molecule is CC(/C=C/C1O[C@H](CC(=O)N2CCC(O)CC2)CC(C)(O)[C@@H]1O)=C\C[C@@H]1OC(C)C(NC(=O)/C=C\C(C)OC=O)CC1C. The number of piperidine rings is 1. The molecule has 0 aromatic heterocycles. The maximum Gasteiger partial charge on any atom is 0.293 e. The highest BCUT2D eigenvalue weighted by Gasteiger charge is 2.44. The maximum atomic E-state index is 12.8. The Morgan fingerprint density at radius 2 is 1.86 bits per heavy atom. The lowest BCUT2D eigenvalue weighted by atomic mass is 9.84. The third kappa shape index (κ3) is 10.5. The van der Waals surface area contributed by atoms with Gasteiger partial charge in [-0.05, 0) is 65.4 Å². The lowest BCUT2D eigenvalue weighted by molar-refractivity contribution is -0.197. The van der Waals surface area contributed by atoms with Gasteiger partial charge in [-0.25, -0.2) is 0 Å². The van der Waals surface area contributed by atoms with Crippen molar-refractivity contribution in [2.45, 2.75) is 128 Å². The number of nitrogens with zero attached hydrogens (tertiary/aromatic N) is 1. The maximum absolute atomic E-state index is 12.8. The van der Waals surface area contributed by atoms with Crippen LogP contribution >= 0.6 is 0 Å². The molecule has 11 nitrogen and oxygen atoms in total. The molecule has 0 aromatic carbocycles. The second kappa shape index (κ2) is 15.9. The molecule has 3 heterocycles. The summed E-state index contributed by atoms with van der Waals surface area (Å²) in [6, 6.07) is -0.144. The summed E-state index contributed by atoms with van der Waals surface area (Å²) >= 11 is 0. The van der Waals surface area contributed by atoms with Crippen LogP contribution in [0.2, 0.25) is 0 Å². The molecule has 3 fully saturated rings. The van der Waals surface area contributed by atoms with Crippen LogP contribution in [0.5, 0.6) is 0 Å². The van der Waals surface area contributed by atoms with Gasteiger partial charge in [0.15, 0.2) is 0 Å². The number of aliphatic hydroxyl groups excluding tert-OH is 2. The molecule has 0 bridgehead atoms. The van der Waals surface area contributed by atoms with E-state index in [1.807, 2.05) is 19.9 Å². The van der Waals surface area contributed by atoms with E-state index in [4.69, 9.17) is 14.2 Å². The van der Waals surface area contributed by atoms with Crippen LogP contribution in [-0.2, 0) is 28.6 Å². The average Bonchev–Trinajstić information content (AvgIpc) is 2.94. The summed E-state index contributed by atoms with van der Waals surface area (Å²) in [7, 11) is 0. The Labute approximate surface area is 254 Å². The number of hydrogen-bond acceptors (Lipinski definition) is 9. The highest BCUT2D eigenvalue weighted by atomic mass is 16.5. The monoisotopic (exact) mass is 606 g/mol. The van der Waals surface area contributed by atoms with Gasteiger partial charge in [-0.3, -0.25) is 14.4 Å². The van der Waals surface area contributed by atoms with Crippen molar-refractivity contribution in [3.63, 3.8) is 0 Å². The molecule has 0 spiro atoms. The van der Waals surface area contributed by atoms with Gasteiger partial charge in [0.05, 0.1) is 42.5 Å². The summed E-state index contributed by atoms with van der Waals surface area (Å²) in [5, 5.41) is 34.3.